The van der Waals surface area contributed by atoms with Gasteiger partial charge in [0, 0.05) is 24.0 Å². The minimum absolute atomic E-state index is 0.0266. The second-order valence-electron chi connectivity index (χ2n) is 9.79. The first-order chi connectivity index (χ1) is 14.0. The highest BCUT2D eigenvalue weighted by Gasteiger charge is 2.31. The summed E-state index contributed by atoms with van der Waals surface area (Å²) in [6.07, 6.45) is -1.31. The number of halogens is 3. The third-order valence-electron chi connectivity index (χ3n) is 3.84. The van der Waals surface area contributed by atoms with Gasteiger partial charge in [0.25, 0.3) is 0 Å². The van der Waals surface area contributed by atoms with Crippen molar-refractivity contribution < 1.29 is 18.0 Å². The molecule has 0 aliphatic rings. The normalized spacial score (nSPS) is 11.7. The minimum atomic E-state index is -2.42. The van der Waals surface area contributed by atoms with E-state index >= 15 is 0 Å². The number of aliphatic imine (C=N–C) groups is 1. The van der Waals surface area contributed by atoms with Crippen molar-refractivity contribution in [2.45, 2.75) is 94.9 Å². The number of ketones is 1. The molecule has 1 aromatic rings. The van der Waals surface area contributed by atoms with Crippen molar-refractivity contribution in [3.63, 3.8) is 0 Å². The van der Waals surface area contributed by atoms with Gasteiger partial charge in [0.2, 0.25) is 6.43 Å². The number of benzene rings is 1. The summed E-state index contributed by atoms with van der Waals surface area (Å²) >= 11 is 0. The van der Waals surface area contributed by atoms with Crippen LogP contribution in [0.2, 0.25) is 0 Å². The molecule has 0 fully saturated rings. The van der Waals surface area contributed by atoms with Gasteiger partial charge >= 0.3 is 0 Å². The number of Topliss-reactive ketones (excluding diaryl/α,β-unsaturated/α-hetero) is 1. The van der Waals surface area contributed by atoms with E-state index in [9.17, 15) is 18.0 Å². The van der Waals surface area contributed by atoms with Gasteiger partial charge in [-0.25, -0.2) is 13.2 Å². The molecule has 0 aliphatic heterocycles. The fraction of sp³-hybridized carbons (Fsp3) is 0.640. The van der Waals surface area contributed by atoms with Crippen LogP contribution in [0, 0.1) is 34.9 Å². The van der Waals surface area contributed by atoms with Crippen LogP contribution in [0.15, 0.2) is 17.1 Å². The highest BCUT2D eigenvalue weighted by atomic mass is 19.3. The van der Waals surface area contributed by atoms with E-state index in [4.69, 9.17) is 5.26 Å². The van der Waals surface area contributed by atoms with E-state index in [1.807, 2.05) is 19.9 Å². The van der Waals surface area contributed by atoms with Crippen LogP contribution in [-0.4, -0.2) is 17.9 Å². The summed E-state index contributed by atoms with van der Waals surface area (Å²) in [4.78, 5) is 15.0. The lowest BCUT2D eigenvalue weighted by molar-refractivity contribution is -0.123. The summed E-state index contributed by atoms with van der Waals surface area (Å²) in [5.74, 6) is -0.533. The third kappa shape index (κ3) is 15.3. The van der Waals surface area contributed by atoms with Gasteiger partial charge in [0.05, 0.1) is 11.6 Å². The van der Waals surface area contributed by atoms with Crippen LogP contribution in [0.5, 0.6) is 0 Å². The maximum Gasteiger partial charge on any atom is 0.244 e. The minimum Gasteiger partial charge on any atom is -0.300 e. The molecule has 0 radical (unpaired) electrons. The molecule has 0 bridgehead atoms. The van der Waals surface area contributed by atoms with E-state index in [2.05, 4.69) is 32.7 Å². The first-order valence-corrected chi connectivity index (χ1v) is 10.5. The Balaban J connectivity index is 0. The van der Waals surface area contributed by atoms with E-state index in [1.165, 1.54) is 19.9 Å². The Labute approximate surface area is 186 Å². The fourth-order valence-corrected chi connectivity index (χ4v) is 1.92. The molecule has 0 N–H and O–H groups in total. The molecule has 0 aliphatic carbocycles. The van der Waals surface area contributed by atoms with Gasteiger partial charge in [-0.2, -0.15) is 5.26 Å². The average Bonchev–Trinajstić information content (AvgIpc) is 2.62. The van der Waals surface area contributed by atoms with Gasteiger partial charge < -0.3 is 0 Å². The molecular formula is C25H39F3N2O. The Morgan fingerprint density at radius 1 is 1.10 bits per heavy atom. The van der Waals surface area contributed by atoms with Crippen LogP contribution < -0.4 is 0 Å². The number of carbonyl (C=O) groups is 1. The Hall–Kier alpha value is -2.16. The van der Waals surface area contributed by atoms with Crippen LogP contribution in [0.4, 0.5) is 18.9 Å². The van der Waals surface area contributed by atoms with Crippen molar-refractivity contribution in [2.24, 2.45) is 15.8 Å². The summed E-state index contributed by atoms with van der Waals surface area (Å²) in [7, 11) is 0. The molecule has 0 saturated heterocycles. The summed E-state index contributed by atoms with van der Waals surface area (Å²) in [5.41, 5.74) is 1.58. The van der Waals surface area contributed by atoms with Crippen LogP contribution in [0.25, 0.3) is 0 Å². The molecule has 1 rings (SSSR count). The van der Waals surface area contributed by atoms with E-state index in [0.29, 0.717) is 28.7 Å². The van der Waals surface area contributed by atoms with Gasteiger partial charge in [-0.15, -0.1) is 0 Å². The first-order valence-electron chi connectivity index (χ1n) is 10.5. The number of hydrogen-bond donors (Lipinski definition) is 0. The van der Waals surface area contributed by atoms with Crippen molar-refractivity contribution in [3.05, 3.63) is 29.1 Å². The van der Waals surface area contributed by atoms with Crippen molar-refractivity contribution >= 4 is 17.2 Å². The summed E-state index contributed by atoms with van der Waals surface area (Å²) in [6.45, 7) is 18.8. The second-order valence-corrected chi connectivity index (χ2v) is 9.79. The summed E-state index contributed by atoms with van der Waals surface area (Å²) in [5, 5.41) is 8.65. The number of nitriles is 1. The van der Waals surface area contributed by atoms with E-state index < -0.39 is 17.7 Å². The molecule has 1 aromatic carbocycles. The zero-order valence-corrected chi connectivity index (χ0v) is 20.8. The largest absolute Gasteiger partial charge is 0.300 e. The third-order valence-corrected chi connectivity index (χ3v) is 3.84. The molecule has 31 heavy (non-hydrogen) atoms. The number of alkyl halides is 2. The molecule has 0 spiro atoms. The van der Waals surface area contributed by atoms with Gasteiger partial charge in [-0.3, -0.25) is 9.79 Å². The smallest absolute Gasteiger partial charge is 0.244 e. The Kier molecular flexibility index (Phi) is 14.0. The van der Waals surface area contributed by atoms with Gasteiger partial charge in [0.1, 0.15) is 17.3 Å². The standard InChI is InChI=1S/C12H13FN2.C8H14F2O.C5H12/c1-4-9(3)15-12-8(2)5-10(7-14)6-11(12)13;1-4-6(11)5-8(2,3)7(9)10;1-5(2,3)4/h5-6H,4H2,1-3H3;7H,4-5H2,1-3H3;1-4H3. The molecule has 0 atom stereocenters. The fourth-order valence-electron chi connectivity index (χ4n) is 1.92. The van der Waals surface area contributed by atoms with Crippen molar-refractivity contribution in [2.75, 3.05) is 0 Å². The topological polar surface area (TPSA) is 53.2 Å². The van der Waals surface area contributed by atoms with Crippen molar-refractivity contribution in [1.82, 2.24) is 0 Å². The number of nitrogens with zero attached hydrogens (tertiary/aromatic N) is 2. The highest BCUT2D eigenvalue weighted by molar-refractivity contribution is 5.84. The maximum atomic E-state index is 13.5. The van der Waals surface area contributed by atoms with Crippen molar-refractivity contribution in [3.8, 4) is 6.07 Å². The molecule has 0 unspecified atom stereocenters. The zero-order valence-electron chi connectivity index (χ0n) is 20.8. The van der Waals surface area contributed by atoms with E-state index in [-0.39, 0.29) is 12.2 Å². The monoisotopic (exact) mass is 440 g/mol. The van der Waals surface area contributed by atoms with E-state index in [1.54, 1.807) is 19.9 Å². The number of rotatable bonds is 6. The average molecular weight is 441 g/mol. The lowest BCUT2D eigenvalue weighted by Crippen LogP contribution is -2.25. The molecule has 0 saturated carbocycles. The van der Waals surface area contributed by atoms with Crippen LogP contribution in [0.3, 0.4) is 0 Å². The zero-order chi connectivity index (χ0) is 25.0. The predicted molar refractivity (Wildman–Crippen MR) is 124 cm³/mol. The molecular weight excluding hydrogens is 401 g/mol. The van der Waals surface area contributed by atoms with Crippen LogP contribution >= 0.6 is 0 Å². The van der Waals surface area contributed by atoms with Gasteiger partial charge in [-0.1, -0.05) is 55.4 Å². The highest BCUT2D eigenvalue weighted by Crippen LogP contribution is 2.29. The number of hydrogen-bond acceptors (Lipinski definition) is 3. The lowest BCUT2D eigenvalue weighted by atomic mass is 9.87. The Bertz CT molecular complexity index is 741. The molecule has 0 amide bonds. The number of carbonyl (C=O) groups excluding carboxylic acids is 1. The van der Waals surface area contributed by atoms with E-state index in [0.717, 1.165) is 12.1 Å². The van der Waals surface area contributed by atoms with Crippen LogP contribution in [0.1, 0.15) is 92.7 Å². The summed E-state index contributed by atoms with van der Waals surface area (Å²) in [6, 6.07) is 4.78. The summed E-state index contributed by atoms with van der Waals surface area (Å²) < 4.78 is 37.9. The Morgan fingerprint density at radius 2 is 1.58 bits per heavy atom. The lowest BCUT2D eigenvalue weighted by Gasteiger charge is -2.21. The number of aryl methyl sites for hydroxylation is 1. The molecule has 6 heteroatoms. The Morgan fingerprint density at radius 3 is 1.90 bits per heavy atom. The van der Waals surface area contributed by atoms with Gasteiger partial charge in [-0.05, 0) is 43.4 Å². The van der Waals surface area contributed by atoms with Gasteiger partial charge in [0.15, 0.2) is 0 Å². The molecule has 0 aromatic heterocycles. The predicted octanol–water partition coefficient (Wildman–Crippen LogP) is 8.21. The van der Waals surface area contributed by atoms with Crippen LogP contribution in [-0.2, 0) is 4.79 Å². The molecule has 3 nitrogen and oxygen atoms in total. The first kappa shape index (κ1) is 31.0. The SMILES string of the molecule is CC(C)(C)C.CCC(=O)CC(C)(C)C(F)F.CCC(C)=Nc1c(C)cc(C#N)cc1F. The maximum absolute atomic E-state index is 13.5. The second kappa shape index (κ2) is 14.0. The quantitative estimate of drug-likeness (QED) is 0.418. The van der Waals surface area contributed by atoms with Crippen molar-refractivity contribution in [1.29, 1.82) is 5.26 Å². The molecule has 176 valence electrons. The molecule has 0 heterocycles.